The molecule has 2 fully saturated rings. The molecule has 4 nitrogen and oxygen atoms in total. The summed E-state index contributed by atoms with van der Waals surface area (Å²) in [5.74, 6) is 0.315. The summed E-state index contributed by atoms with van der Waals surface area (Å²) in [5.41, 5.74) is 5.70. The van der Waals surface area contributed by atoms with E-state index in [0.717, 1.165) is 19.6 Å². The number of carbonyl (C=O) groups excluding carboxylic acids is 1. The summed E-state index contributed by atoms with van der Waals surface area (Å²) in [5, 5.41) is 0. The second kappa shape index (κ2) is 6.53. The number of amides is 1. The summed E-state index contributed by atoms with van der Waals surface area (Å²) in [6.45, 7) is 5.46. The van der Waals surface area contributed by atoms with Crippen molar-refractivity contribution >= 4 is 5.91 Å². The average molecular weight is 253 g/mol. The Labute approximate surface area is 110 Å². The molecule has 2 N–H and O–H groups in total. The van der Waals surface area contributed by atoms with Gasteiger partial charge in [0.1, 0.15) is 0 Å². The number of nitrogens with zero attached hydrogens (tertiary/aromatic N) is 2. The van der Waals surface area contributed by atoms with Crippen LogP contribution < -0.4 is 5.73 Å². The Kier molecular flexibility index (Phi) is 5.01. The number of carbonyl (C=O) groups is 1. The molecule has 104 valence electrons. The average Bonchev–Trinajstić information content (AvgIpc) is 2.35. The third kappa shape index (κ3) is 3.04. The first-order valence-corrected chi connectivity index (χ1v) is 7.48. The molecule has 2 aliphatic rings. The van der Waals surface area contributed by atoms with Crippen molar-refractivity contribution in [1.29, 1.82) is 0 Å². The smallest absolute Gasteiger partial charge is 0.239 e. The van der Waals surface area contributed by atoms with E-state index in [-0.39, 0.29) is 6.04 Å². The molecule has 1 saturated carbocycles. The topological polar surface area (TPSA) is 49.6 Å². The van der Waals surface area contributed by atoms with E-state index >= 15 is 0 Å². The maximum absolute atomic E-state index is 12.5. The molecule has 0 spiro atoms. The number of likely N-dealkylation sites (tertiary alicyclic amines) is 1. The van der Waals surface area contributed by atoms with E-state index < -0.39 is 0 Å². The molecule has 0 aromatic heterocycles. The SMILES string of the molecule is CC(C(=O)N1CCCCC1)N(CCN)C1CCC1. The number of rotatable bonds is 5. The lowest BCUT2D eigenvalue weighted by atomic mass is 9.90. The van der Waals surface area contributed by atoms with Crippen LogP contribution in [0, 0.1) is 0 Å². The Balaban J connectivity index is 1.93. The van der Waals surface area contributed by atoms with Crippen LogP contribution in [0.1, 0.15) is 45.4 Å². The van der Waals surface area contributed by atoms with Crippen LogP contribution in [0.3, 0.4) is 0 Å². The van der Waals surface area contributed by atoms with E-state index in [1.807, 2.05) is 0 Å². The molecule has 1 heterocycles. The summed E-state index contributed by atoms with van der Waals surface area (Å²) in [6.07, 6.45) is 7.37. The minimum absolute atomic E-state index is 0.0111. The van der Waals surface area contributed by atoms with Gasteiger partial charge in [-0.05, 0) is 39.0 Å². The summed E-state index contributed by atoms with van der Waals surface area (Å²) in [4.78, 5) is 16.9. The molecule has 0 aromatic carbocycles. The highest BCUT2D eigenvalue weighted by Gasteiger charge is 2.33. The Morgan fingerprint density at radius 3 is 2.44 bits per heavy atom. The fourth-order valence-electron chi connectivity index (χ4n) is 3.08. The van der Waals surface area contributed by atoms with Crippen molar-refractivity contribution in [1.82, 2.24) is 9.80 Å². The Bertz CT molecular complexity index is 272. The van der Waals surface area contributed by atoms with E-state index in [1.165, 1.54) is 38.5 Å². The summed E-state index contributed by atoms with van der Waals surface area (Å²) < 4.78 is 0. The number of nitrogens with two attached hydrogens (primary N) is 1. The van der Waals surface area contributed by atoms with Gasteiger partial charge in [0.2, 0.25) is 5.91 Å². The van der Waals surface area contributed by atoms with Crippen molar-refractivity contribution in [3.63, 3.8) is 0 Å². The standard InChI is InChI=1S/C14H27N3O/c1-12(14(18)16-9-3-2-4-10-16)17(11-8-15)13-6-5-7-13/h12-13H,2-11,15H2,1H3. The van der Waals surface area contributed by atoms with E-state index in [1.54, 1.807) is 0 Å². The predicted octanol–water partition coefficient (Wildman–Crippen LogP) is 1.20. The molecular formula is C14H27N3O. The van der Waals surface area contributed by atoms with Crippen LogP contribution in [0.15, 0.2) is 0 Å². The maximum Gasteiger partial charge on any atom is 0.239 e. The van der Waals surface area contributed by atoms with Gasteiger partial charge in [0, 0.05) is 32.2 Å². The van der Waals surface area contributed by atoms with Crippen LogP contribution in [0.5, 0.6) is 0 Å². The van der Waals surface area contributed by atoms with Crippen molar-refractivity contribution in [2.24, 2.45) is 5.73 Å². The van der Waals surface area contributed by atoms with Crippen molar-refractivity contribution < 1.29 is 4.79 Å². The molecule has 18 heavy (non-hydrogen) atoms. The van der Waals surface area contributed by atoms with Gasteiger partial charge in [-0.2, -0.15) is 0 Å². The van der Waals surface area contributed by atoms with Crippen molar-refractivity contribution in [2.45, 2.75) is 57.5 Å². The van der Waals surface area contributed by atoms with Gasteiger partial charge >= 0.3 is 0 Å². The first-order chi connectivity index (χ1) is 8.74. The van der Waals surface area contributed by atoms with Gasteiger partial charge in [0.25, 0.3) is 0 Å². The second-order valence-corrected chi connectivity index (χ2v) is 5.67. The molecule has 0 radical (unpaired) electrons. The normalized spacial score (nSPS) is 22.9. The van der Waals surface area contributed by atoms with Crippen molar-refractivity contribution in [3.05, 3.63) is 0 Å². The predicted molar refractivity (Wildman–Crippen MR) is 73.3 cm³/mol. The lowest BCUT2D eigenvalue weighted by Gasteiger charge is -2.42. The van der Waals surface area contributed by atoms with Crippen LogP contribution in [-0.4, -0.2) is 54.0 Å². The van der Waals surface area contributed by atoms with Gasteiger partial charge in [-0.1, -0.05) is 6.42 Å². The number of hydrogen-bond acceptors (Lipinski definition) is 3. The van der Waals surface area contributed by atoms with Crippen molar-refractivity contribution in [2.75, 3.05) is 26.2 Å². The first kappa shape index (κ1) is 13.8. The monoisotopic (exact) mass is 253 g/mol. The molecule has 1 unspecified atom stereocenters. The Morgan fingerprint density at radius 2 is 1.94 bits per heavy atom. The molecule has 0 bridgehead atoms. The highest BCUT2D eigenvalue weighted by atomic mass is 16.2. The maximum atomic E-state index is 12.5. The second-order valence-electron chi connectivity index (χ2n) is 5.67. The lowest BCUT2D eigenvalue weighted by molar-refractivity contribution is -0.139. The Hall–Kier alpha value is -0.610. The molecule has 2 rings (SSSR count). The van der Waals surface area contributed by atoms with Gasteiger partial charge < -0.3 is 10.6 Å². The van der Waals surface area contributed by atoms with Crippen LogP contribution in [0.2, 0.25) is 0 Å². The minimum atomic E-state index is 0.0111. The van der Waals surface area contributed by atoms with Crippen LogP contribution >= 0.6 is 0 Å². The third-order valence-corrected chi connectivity index (χ3v) is 4.45. The van der Waals surface area contributed by atoms with Gasteiger partial charge in [-0.15, -0.1) is 0 Å². The van der Waals surface area contributed by atoms with Gasteiger partial charge in [0.05, 0.1) is 6.04 Å². The zero-order chi connectivity index (χ0) is 13.0. The van der Waals surface area contributed by atoms with Gasteiger partial charge in [-0.25, -0.2) is 0 Å². The minimum Gasteiger partial charge on any atom is -0.341 e. The molecule has 4 heteroatoms. The van der Waals surface area contributed by atoms with Crippen molar-refractivity contribution in [3.8, 4) is 0 Å². The van der Waals surface area contributed by atoms with Crippen LogP contribution in [-0.2, 0) is 4.79 Å². The summed E-state index contributed by atoms with van der Waals surface area (Å²) in [7, 11) is 0. The lowest BCUT2D eigenvalue weighted by Crippen LogP contribution is -2.54. The highest BCUT2D eigenvalue weighted by molar-refractivity contribution is 5.81. The fourth-order valence-corrected chi connectivity index (χ4v) is 3.08. The Morgan fingerprint density at radius 1 is 1.28 bits per heavy atom. The zero-order valence-electron chi connectivity index (χ0n) is 11.6. The number of piperidine rings is 1. The molecule has 1 saturated heterocycles. The van der Waals surface area contributed by atoms with E-state index in [9.17, 15) is 4.79 Å². The van der Waals surface area contributed by atoms with Gasteiger partial charge in [0.15, 0.2) is 0 Å². The fraction of sp³-hybridized carbons (Fsp3) is 0.929. The molecule has 1 aliphatic carbocycles. The third-order valence-electron chi connectivity index (χ3n) is 4.45. The number of hydrogen-bond donors (Lipinski definition) is 1. The zero-order valence-corrected chi connectivity index (χ0v) is 11.6. The van der Waals surface area contributed by atoms with E-state index in [4.69, 9.17) is 5.73 Å². The summed E-state index contributed by atoms with van der Waals surface area (Å²) >= 11 is 0. The van der Waals surface area contributed by atoms with Crippen LogP contribution in [0.4, 0.5) is 0 Å². The molecule has 1 atom stereocenters. The molecular weight excluding hydrogens is 226 g/mol. The molecule has 1 aliphatic heterocycles. The molecule has 1 amide bonds. The largest absolute Gasteiger partial charge is 0.341 e. The van der Waals surface area contributed by atoms with E-state index in [2.05, 4.69) is 16.7 Å². The van der Waals surface area contributed by atoms with E-state index in [0.29, 0.717) is 18.5 Å². The first-order valence-electron chi connectivity index (χ1n) is 7.48. The van der Waals surface area contributed by atoms with Crippen LogP contribution in [0.25, 0.3) is 0 Å². The quantitative estimate of drug-likeness (QED) is 0.801. The highest BCUT2D eigenvalue weighted by Crippen LogP contribution is 2.27. The van der Waals surface area contributed by atoms with Gasteiger partial charge in [-0.3, -0.25) is 9.69 Å². The summed E-state index contributed by atoms with van der Waals surface area (Å²) in [6, 6.07) is 0.606. The molecule has 0 aromatic rings.